The molecule has 1 N–H and O–H groups in total. The molecule has 112 valence electrons. The summed E-state index contributed by atoms with van der Waals surface area (Å²) >= 11 is 0. The minimum atomic E-state index is -0.108. The molecule has 5 nitrogen and oxygen atoms in total. The van der Waals surface area contributed by atoms with Gasteiger partial charge in [-0.15, -0.1) is 0 Å². The maximum Gasteiger partial charge on any atom is 0.232 e. The van der Waals surface area contributed by atoms with Gasteiger partial charge in [0.25, 0.3) is 0 Å². The number of hydrogen-bond donors (Lipinski definition) is 1. The van der Waals surface area contributed by atoms with Gasteiger partial charge in [-0.1, -0.05) is 38.1 Å². The van der Waals surface area contributed by atoms with Gasteiger partial charge in [0.1, 0.15) is 0 Å². The lowest BCUT2D eigenvalue weighted by atomic mass is 9.97. The predicted molar refractivity (Wildman–Crippen MR) is 83.6 cm³/mol. The van der Waals surface area contributed by atoms with Crippen molar-refractivity contribution in [1.82, 2.24) is 10.1 Å². The third kappa shape index (κ3) is 3.01. The van der Waals surface area contributed by atoms with Crippen LogP contribution in [0.25, 0.3) is 0 Å². The molecule has 0 unspecified atom stereocenters. The van der Waals surface area contributed by atoms with Crippen LogP contribution < -0.4 is 10.2 Å². The van der Waals surface area contributed by atoms with E-state index in [0.29, 0.717) is 12.4 Å². The van der Waals surface area contributed by atoms with Gasteiger partial charge in [0.05, 0.1) is 17.9 Å². The highest BCUT2D eigenvalue weighted by molar-refractivity contribution is 5.70. The van der Waals surface area contributed by atoms with Crippen molar-refractivity contribution in [3.63, 3.8) is 0 Å². The average Bonchev–Trinajstić information content (AvgIpc) is 2.82. The zero-order valence-electron chi connectivity index (χ0n) is 12.9. The summed E-state index contributed by atoms with van der Waals surface area (Å²) < 4.78 is 5.39. The van der Waals surface area contributed by atoms with Crippen LogP contribution >= 0.6 is 0 Å². The lowest BCUT2D eigenvalue weighted by Gasteiger charge is -2.22. The molecule has 5 heteroatoms. The van der Waals surface area contributed by atoms with Gasteiger partial charge < -0.3 is 14.7 Å². The Balaban J connectivity index is 1.83. The fraction of sp³-hybridized carbons (Fsp3) is 0.500. The molecule has 2 heterocycles. The Hall–Kier alpha value is -2.04. The van der Waals surface area contributed by atoms with Crippen LogP contribution in [-0.4, -0.2) is 23.2 Å². The van der Waals surface area contributed by atoms with E-state index in [1.165, 1.54) is 11.4 Å². The summed E-state index contributed by atoms with van der Waals surface area (Å²) in [5.41, 5.74) is 2.27. The summed E-state index contributed by atoms with van der Waals surface area (Å²) in [6.45, 7) is 8.90. The Morgan fingerprint density at radius 2 is 2.10 bits per heavy atom. The van der Waals surface area contributed by atoms with Gasteiger partial charge in [-0.3, -0.25) is 0 Å². The Labute approximate surface area is 125 Å². The molecule has 3 rings (SSSR count). The maximum atomic E-state index is 5.39. The second-order valence-electron chi connectivity index (χ2n) is 6.48. The summed E-state index contributed by atoms with van der Waals surface area (Å²) in [4.78, 5) is 6.85. The number of nitrogens with one attached hydrogen (secondary N) is 1. The van der Waals surface area contributed by atoms with Crippen molar-refractivity contribution in [2.45, 2.75) is 39.2 Å². The molecule has 0 aliphatic carbocycles. The number of anilines is 2. The van der Waals surface area contributed by atoms with E-state index in [0.717, 1.165) is 25.3 Å². The van der Waals surface area contributed by atoms with E-state index in [4.69, 9.17) is 4.52 Å². The van der Waals surface area contributed by atoms with Gasteiger partial charge in [-0.05, 0) is 18.6 Å². The van der Waals surface area contributed by atoms with Crippen LogP contribution in [0.15, 0.2) is 28.8 Å². The van der Waals surface area contributed by atoms with Crippen LogP contribution in [0, 0.1) is 0 Å². The van der Waals surface area contributed by atoms with Gasteiger partial charge >= 0.3 is 0 Å². The van der Waals surface area contributed by atoms with Crippen LogP contribution in [0.2, 0.25) is 0 Å². The third-order valence-corrected chi connectivity index (χ3v) is 3.61. The number of hydrogen-bond acceptors (Lipinski definition) is 5. The summed E-state index contributed by atoms with van der Waals surface area (Å²) in [6.07, 6.45) is 1.10. The Morgan fingerprint density at radius 1 is 1.29 bits per heavy atom. The molecule has 0 fully saturated rings. The molecular formula is C16H22N4O. The van der Waals surface area contributed by atoms with Crippen LogP contribution in [0.5, 0.6) is 0 Å². The number of benzene rings is 1. The van der Waals surface area contributed by atoms with E-state index in [9.17, 15) is 0 Å². The van der Waals surface area contributed by atoms with E-state index in [1.807, 2.05) is 0 Å². The van der Waals surface area contributed by atoms with Crippen LogP contribution in [0.4, 0.5) is 11.4 Å². The van der Waals surface area contributed by atoms with E-state index >= 15 is 0 Å². The highest BCUT2D eigenvalue weighted by Gasteiger charge is 2.23. The monoisotopic (exact) mass is 286 g/mol. The molecule has 0 saturated carbocycles. The number of aromatic nitrogens is 2. The SMILES string of the molecule is CC(C)(C)c1nc(CN2CCCNc3ccccc32)no1. The van der Waals surface area contributed by atoms with Crippen molar-refractivity contribution < 1.29 is 4.52 Å². The van der Waals surface area contributed by atoms with E-state index < -0.39 is 0 Å². The highest BCUT2D eigenvalue weighted by atomic mass is 16.5. The van der Waals surface area contributed by atoms with Crippen molar-refractivity contribution in [2.24, 2.45) is 0 Å². The first-order valence-corrected chi connectivity index (χ1v) is 7.45. The molecule has 0 atom stereocenters. The molecule has 0 radical (unpaired) electrons. The van der Waals surface area contributed by atoms with Crippen molar-refractivity contribution in [3.05, 3.63) is 36.0 Å². The minimum absolute atomic E-state index is 0.108. The topological polar surface area (TPSA) is 54.2 Å². The number of fused-ring (bicyclic) bond motifs is 1. The first-order chi connectivity index (χ1) is 10.0. The molecule has 1 aliphatic heterocycles. The summed E-state index contributed by atoms with van der Waals surface area (Å²) in [6, 6.07) is 8.37. The lowest BCUT2D eigenvalue weighted by Crippen LogP contribution is -2.24. The molecule has 0 amide bonds. The Morgan fingerprint density at radius 3 is 2.86 bits per heavy atom. The summed E-state index contributed by atoms with van der Waals surface area (Å²) in [7, 11) is 0. The minimum Gasteiger partial charge on any atom is -0.383 e. The molecule has 21 heavy (non-hydrogen) atoms. The molecule has 0 spiro atoms. The molecule has 1 aliphatic rings. The molecule has 1 aromatic heterocycles. The highest BCUT2D eigenvalue weighted by Crippen LogP contribution is 2.29. The van der Waals surface area contributed by atoms with Crippen molar-refractivity contribution in [2.75, 3.05) is 23.3 Å². The largest absolute Gasteiger partial charge is 0.383 e. The van der Waals surface area contributed by atoms with Gasteiger partial charge in [0.15, 0.2) is 5.82 Å². The first kappa shape index (κ1) is 13.9. The van der Waals surface area contributed by atoms with Crippen LogP contribution in [0.1, 0.15) is 38.9 Å². The van der Waals surface area contributed by atoms with E-state index in [1.54, 1.807) is 0 Å². The van der Waals surface area contributed by atoms with Crippen molar-refractivity contribution >= 4 is 11.4 Å². The normalized spacial score (nSPS) is 15.3. The first-order valence-electron chi connectivity index (χ1n) is 7.45. The van der Waals surface area contributed by atoms with Crippen molar-refractivity contribution in [3.8, 4) is 0 Å². The molecule has 0 bridgehead atoms. The van der Waals surface area contributed by atoms with Crippen LogP contribution in [-0.2, 0) is 12.0 Å². The standard InChI is InChI=1S/C16H22N4O/c1-16(2,3)15-18-14(19-21-15)11-20-10-6-9-17-12-7-4-5-8-13(12)20/h4-5,7-8,17H,6,9-11H2,1-3H3. The molecule has 1 aromatic carbocycles. The van der Waals surface area contributed by atoms with Gasteiger partial charge in [0.2, 0.25) is 5.89 Å². The fourth-order valence-corrected chi connectivity index (χ4v) is 2.47. The molecular weight excluding hydrogens is 264 g/mol. The lowest BCUT2D eigenvalue weighted by molar-refractivity contribution is 0.318. The Bertz CT molecular complexity index is 615. The number of rotatable bonds is 2. The summed E-state index contributed by atoms with van der Waals surface area (Å²) in [5.74, 6) is 1.44. The van der Waals surface area contributed by atoms with Gasteiger partial charge in [0, 0.05) is 18.5 Å². The third-order valence-electron chi connectivity index (χ3n) is 3.61. The smallest absolute Gasteiger partial charge is 0.232 e. The quantitative estimate of drug-likeness (QED) is 0.919. The van der Waals surface area contributed by atoms with E-state index in [2.05, 4.69) is 65.4 Å². The van der Waals surface area contributed by atoms with Gasteiger partial charge in [-0.2, -0.15) is 4.98 Å². The van der Waals surface area contributed by atoms with Gasteiger partial charge in [-0.25, -0.2) is 0 Å². The number of nitrogens with zero attached hydrogens (tertiary/aromatic N) is 3. The Kier molecular flexibility index (Phi) is 3.57. The van der Waals surface area contributed by atoms with Crippen LogP contribution in [0.3, 0.4) is 0 Å². The summed E-state index contributed by atoms with van der Waals surface area (Å²) in [5, 5.41) is 7.60. The second-order valence-corrected chi connectivity index (χ2v) is 6.48. The average molecular weight is 286 g/mol. The fourth-order valence-electron chi connectivity index (χ4n) is 2.47. The zero-order valence-corrected chi connectivity index (χ0v) is 12.9. The second kappa shape index (κ2) is 5.39. The molecule has 0 saturated heterocycles. The maximum absolute atomic E-state index is 5.39. The number of para-hydroxylation sites is 2. The van der Waals surface area contributed by atoms with E-state index in [-0.39, 0.29) is 5.41 Å². The zero-order chi connectivity index (χ0) is 14.9. The van der Waals surface area contributed by atoms with Crippen molar-refractivity contribution in [1.29, 1.82) is 0 Å². The molecule has 2 aromatic rings. The predicted octanol–water partition coefficient (Wildman–Crippen LogP) is 3.19.